The van der Waals surface area contributed by atoms with Crippen molar-refractivity contribution < 1.29 is 4.79 Å². The van der Waals surface area contributed by atoms with E-state index in [1.54, 1.807) is 4.68 Å². The first-order chi connectivity index (χ1) is 12.0. The van der Waals surface area contributed by atoms with E-state index in [-0.39, 0.29) is 5.91 Å². The van der Waals surface area contributed by atoms with Gasteiger partial charge >= 0.3 is 0 Å². The summed E-state index contributed by atoms with van der Waals surface area (Å²) in [6.07, 6.45) is 0. The fourth-order valence-corrected chi connectivity index (χ4v) is 3.45. The van der Waals surface area contributed by atoms with Gasteiger partial charge < -0.3 is 5.32 Å². The van der Waals surface area contributed by atoms with E-state index in [1.807, 2.05) is 44.2 Å². The predicted octanol–water partition coefficient (Wildman–Crippen LogP) is 3.39. The molecular weight excluding hydrogens is 334 g/mol. The molecule has 0 aliphatic heterocycles. The highest BCUT2D eigenvalue weighted by Gasteiger charge is 2.20. The van der Waals surface area contributed by atoms with Gasteiger partial charge in [-0.2, -0.15) is 0 Å². The second-order valence-electron chi connectivity index (χ2n) is 6.31. The third-order valence-electron chi connectivity index (χ3n) is 3.77. The first kappa shape index (κ1) is 17.3. The largest absolute Gasteiger partial charge is 0.351 e. The molecule has 0 radical (unpaired) electrons. The zero-order valence-corrected chi connectivity index (χ0v) is 15.6. The predicted molar refractivity (Wildman–Crippen MR) is 99.1 cm³/mol. The molecule has 6 nitrogen and oxygen atoms in total. The highest BCUT2D eigenvalue weighted by molar-refractivity contribution is 7.17. The van der Waals surface area contributed by atoms with Crippen molar-refractivity contribution in [3.05, 3.63) is 46.6 Å². The number of carbonyl (C=O) groups is 1. The number of rotatable bonds is 5. The maximum Gasteiger partial charge on any atom is 0.263 e. The average molecular weight is 355 g/mol. The second kappa shape index (κ2) is 7.14. The lowest BCUT2D eigenvalue weighted by Crippen LogP contribution is -2.27. The van der Waals surface area contributed by atoms with Crippen molar-refractivity contribution in [1.82, 2.24) is 25.3 Å². The number of nitrogens with zero attached hydrogens (tertiary/aromatic N) is 4. The number of carbonyl (C=O) groups excluding carboxylic acids is 1. The summed E-state index contributed by atoms with van der Waals surface area (Å²) >= 11 is 1.36. The zero-order valence-electron chi connectivity index (χ0n) is 14.8. The van der Waals surface area contributed by atoms with Crippen LogP contribution in [0.5, 0.6) is 0 Å². The molecule has 0 unspecified atom stereocenters. The molecule has 3 aromatic rings. The molecule has 0 fully saturated rings. The lowest BCUT2D eigenvalue weighted by molar-refractivity contribution is 0.0952. The molecule has 7 heteroatoms. The second-order valence-corrected chi connectivity index (χ2v) is 7.31. The molecule has 2 aromatic heterocycles. The van der Waals surface area contributed by atoms with Gasteiger partial charge in [-0.05, 0) is 31.9 Å². The first-order valence-electron chi connectivity index (χ1n) is 8.21. The van der Waals surface area contributed by atoms with E-state index in [0.717, 1.165) is 17.1 Å². The molecule has 25 heavy (non-hydrogen) atoms. The maximum atomic E-state index is 12.3. The molecule has 0 saturated heterocycles. The molecule has 3 rings (SSSR count). The van der Waals surface area contributed by atoms with Crippen LogP contribution in [0.3, 0.4) is 0 Å². The molecular formula is C18H21N5OS. The Labute approximate surface area is 150 Å². The van der Waals surface area contributed by atoms with Gasteiger partial charge in [0.2, 0.25) is 0 Å². The molecule has 0 aliphatic rings. The normalized spacial score (nSPS) is 11.1. The fourth-order valence-electron chi connectivity index (χ4n) is 2.43. The number of thiazole rings is 1. The third kappa shape index (κ3) is 3.61. The molecule has 2 heterocycles. The van der Waals surface area contributed by atoms with Crippen LogP contribution >= 0.6 is 11.3 Å². The number of amides is 1. The zero-order chi connectivity index (χ0) is 18.0. The molecule has 0 aliphatic carbocycles. The Balaban J connectivity index is 1.90. The summed E-state index contributed by atoms with van der Waals surface area (Å²) in [6.45, 7) is 8.58. The van der Waals surface area contributed by atoms with Crippen molar-refractivity contribution in [2.24, 2.45) is 5.92 Å². The van der Waals surface area contributed by atoms with E-state index in [0.29, 0.717) is 28.0 Å². The standard InChI is InChI=1S/C18H21N5OS/c1-11(2)10-19-17(24)16-12(3)20-18(25-16)15-13(4)23(22-21-15)14-8-6-5-7-9-14/h5-9,11H,10H2,1-4H3,(H,19,24). The van der Waals surface area contributed by atoms with Crippen molar-refractivity contribution in [2.45, 2.75) is 27.7 Å². The Morgan fingerprint density at radius 2 is 1.96 bits per heavy atom. The summed E-state index contributed by atoms with van der Waals surface area (Å²) in [7, 11) is 0. The van der Waals surface area contributed by atoms with Crippen molar-refractivity contribution in [3.8, 4) is 16.4 Å². The van der Waals surface area contributed by atoms with Crippen molar-refractivity contribution in [2.75, 3.05) is 6.54 Å². The van der Waals surface area contributed by atoms with Gasteiger partial charge in [0, 0.05) is 6.54 Å². The monoisotopic (exact) mass is 355 g/mol. The van der Waals surface area contributed by atoms with E-state index in [2.05, 4.69) is 34.5 Å². The van der Waals surface area contributed by atoms with Crippen LogP contribution in [0.2, 0.25) is 0 Å². The van der Waals surface area contributed by atoms with Crippen LogP contribution in [0.15, 0.2) is 30.3 Å². The molecule has 0 saturated carbocycles. The van der Waals surface area contributed by atoms with Crippen LogP contribution in [-0.2, 0) is 0 Å². The molecule has 1 amide bonds. The van der Waals surface area contributed by atoms with Gasteiger partial charge in [-0.25, -0.2) is 9.67 Å². The summed E-state index contributed by atoms with van der Waals surface area (Å²) in [4.78, 5) is 17.5. The van der Waals surface area contributed by atoms with E-state index in [9.17, 15) is 4.79 Å². The lowest BCUT2D eigenvalue weighted by atomic mass is 10.2. The van der Waals surface area contributed by atoms with Crippen molar-refractivity contribution in [3.63, 3.8) is 0 Å². The Kier molecular flexibility index (Phi) is 4.94. The number of para-hydroxylation sites is 1. The summed E-state index contributed by atoms with van der Waals surface area (Å²) in [6, 6.07) is 9.83. The van der Waals surface area contributed by atoms with Crippen molar-refractivity contribution in [1.29, 1.82) is 0 Å². The Morgan fingerprint density at radius 1 is 1.24 bits per heavy atom. The van der Waals surface area contributed by atoms with Crippen LogP contribution in [0.1, 0.15) is 34.9 Å². The number of aryl methyl sites for hydroxylation is 1. The molecule has 130 valence electrons. The maximum absolute atomic E-state index is 12.3. The first-order valence-corrected chi connectivity index (χ1v) is 9.02. The number of aromatic nitrogens is 4. The van der Waals surface area contributed by atoms with Gasteiger partial charge in [0.1, 0.15) is 15.6 Å². The average Bonchev–Trinajstić information content (AvgIpc) is 3.16. The highest BCUT2D eigenvalue weighted by Crippen LogP contribution is 2.29. The molecule has 0 atom stereocenters. The molecule has 0 spiro atoms. The van der Waals surface area contributed by atoms with Crippen LogP contribution in [0, 0.1) is 19.8 Å². The Morgan fingerprint density at radius 3 is 2.64 bits per heavy atom. The van der Waals surface area contributed by atoms with Gasteiger partial charge in [-0.1, -0.05) is 37.3 Å². The quantitative estimate of drug-likeness (QED) is 0.761. The van der Waals surface area contributed by atoms with Crippen molar-refractivity contribution >= 4 is 17.2 Å². The SMILES string of the molecule is Cc1nc(-c2nnn(-c3ccccc3)c2C)sc1C(=O)NCC(C)C. The topological polar surface area (TPSA) is 72.7 Å². The highest BCUT2D eigenvalue weighted by atomic mass is 32.1. The van der Waals surface area contributed by atoms with E-state index in [4.69, 9.17) is 0 Å². The van der Waals surface area contributed by atoms with Gasteiger partial charge in [-0.3, -0.25) is 4.79 Å². The van der Waals surface area contributed by atoms with Gasteiger partial charge in [0.15, 0.2) is 0 Å². The third-order valence-corrected chi connectivity index (χ3v) is 4.93. The van der Waals surface area contributed by atoms with Gasteiger partial charge in [0.05, 0.1) is 17.1 Å². The van der Waals surface area contributed by atoms with Gasteiger partial charge in [0.25, 0.3) is 5.91 Å². The lowest BCUT2D eigenvalue weighted by Gasteiger charge is -2.05. The molecule has 1 N–H and O–H groups in total. The Hall–Kier alpha value is -2.54. The smallest absolute Gasteiger partial charge is 0.263 e. The number of hydrogen-bond acceptors (Lipinski definition) is 5. The van der Waals surface area contributed by atoms with E-state index < -0.39 is 0 Å². The summed E-state index contributed by atoms with van der Waals surface area (Å²) in [5.74, 6) is 0.327. The minimum Gasteiger partial charge on any atom is -0.351 e. The number of benzene rings is 1. The van der Waals surface area contributed by atoms with Crippen LogP contribution in [0.25, 0.3) is 16.4 Å². The van der Waals surface area contributed by atoms with E-state index in [1.165, 1.54) is 11.3 Å². The van der Waals surface area contributed by atoms with Crippen LogP contribution < -0.4 is 5.32 Å². The van der Waals surface area contributed by atoms with Gasteiger partial charge in [-0.15, -0.1) is 16.4 Å². The minimum atomic E-state index is -0.0805. The van der Waals surface area contributed by atoms with Crippen LogP contribution in [-0.4, -0.2) is 32.4 Å². The Bertz CT molecular complexity index is 882. The summed E-state index contributed by atoms with van der Waals surface area (Å²) < 4.78 is 1.78. The van der Waals surface area contributed by atoms with E-state index >= 15 is 0 Å². The minimum absolute atomic E-state index is 0.0805. The fraction of sp³-hybridized carbons (Fsp3) is 0.333. The van der Waals surface area contributed by atoms with Crippen LogP contribution in [0.4, 0.5) is 0 Å². The number of nitrogens with one attached hydrogen (secondary N) is 1. The molecule has 0 bridgehead atoms. The summed E-state index contributed by atoms with van der Waals surface area (Å²) in [5.41, 5.74) is 3.27. The molecule has 1 aromatic carbocycles. The number of hydrogen-bond donors (Lipinski definition) is 1. The summed E-state index contributed by atoms with van der Waals surface area (Å²) in [5, 5.41) is 12.2.